The van der Waals surface area contributed by atoms with E-state index in [0.717, 1.165) is 13.0 Å². The molecule has 5 nitrogen and oxygen atoms in total. The second-order valence-electron chi connectivity index (χ2n) is 6.51. The first kappa shape index (κ1) is 17.8. The highest BCUT2D eigenvalue weighted by molar-refractivity contribution is 5.73. The van der Waals surface area contributed by atoms with Crippen LogP contribution in [0.2, 0.25) is 0 Å². The lowest BCUT2D eigenvalue weighted by Gasteiger charge is -2.20. The summed E-state index contributed by atoms with van der Waals surface area (Å²) >= 11 is 0. The van der Waals surface area contributed by atoms with Crippen molar-refractivity contribution >= 4 is 12.0 Å². The Hall–Kier alpha value is -1.26. The fourth-order valence-electron chi connectivity index (χ4n) is 3.00. The van der Waals surface area contributed by atoms with Crippen molar-refractivity contribution in [2.24, 2.45) is 17.8 Å². The van der Waals surface area contributed by atoms with Crippen LogP contribution in [0.3, 0.4) is 0 Å². The molecule has 0 aromatic heterocycles. The zero-order valence-electron chi connectivity index (χ0n) is 13.4. The first-order valence-electron chi connectivity index (χ1n) is 8.22. The zero-order chi connectivity index (χ0) is 15.7. The van der Waals surface area contributed by atoms with E-state index in [4.69, 9.17) is 5.11 Å². The number of hydrogen-bond acceptors (Lipinski definition) is 2. The molecule has 1 aliphatic carbocycles. The van der Waals surface area contributed by atoms with Crippen molar-refractivity contribution in [2.45, 2.75) is 58.8 Å². The summed E-state index contributed by atoms with van der Waals surface area (Å²) < 4.78 is 0. The van der Waals surface area contributed by atoms with Gasteiger partial charge in [-0.2, -0.15) is 0 Å². The van der Waals surface area contributed by atoms with Gasteiger partial charge >= 0.3 is 12.0 Å². The molecule has 2 amide bonds. The number of amides is 2. The minimum absolute atomic E-state index is 0.0948. The minimum atomic E-state index is -0.747. The molecular weight excluding hydrogens is 268 g/mol. The Morgan fingerprint density at radius 1 is 1.14 bits per heavy atom. The van der Waals surface area contributed by atoms with Gasteiger partial charge in [-0.3, -0.25) is 4.79 Å². The molecule has 5 heteroatoms. The lowest BCUT2D eigenvalue weighted by Crippen LogP contribution is -2.38. The quantitative estimate of drug-likeness (QED) is 0.612. The number of carbonyl (C=O) groups excluding carboxylic acids is 1. The monoisotopic (exact) mass is 298 g/mol. The van der Waals surface area contributed by atoms with Gasteiger partial charge in [0.1, 0.15) is 0 Å². The van der Waals surface area contributed by atoms with E-state index in [9.17, 15) is 9.59 Å². The van der Waals surface area contributed by atoms with Crippen molar-refractivity contribution in [2.75, 3.05) is 13.1 Å². The second-order valence-corrected chi connectivity index (χ2v) is 6.51. The summed E-state index contributed by atoms with van der Waals surface area (Å²) in [4.78, 5) is 22.3. The van der Waals surface area contributed by atoms with Gasteiger partial charge in [-0.25, -0.2) is 4.79 Å². The highest BCUT2D eigenvalue weighted by Crippen LogP contribution is 2.23. The Kier molecular flexibility index (Phi) is 8.16. The number of carboxylic acid groups (broad SMARTS) is 1. The van der Waals surface area contributed by atoms with E-state index in [-0.39, 0.29) is 12.5 Å². The van der Waals surface area contributed by atoms with Gasteiger partial charge in [0.05, 0.1) is 0 Å². The predicted molar refractivity (Wildman–Crippen MR) is 83.2 cm³/mol. The number of nitrogens with one attached hydrogen (secondary N) is 2. The van der Waals surface area contributed by atoms with Crippen molar-refractivity contribution in [3.8, 4) is 0 Å². The summed E-state index contributed by atoms with van der Waals surface area (Å²) in [6.45, 7) is 5.59. The molecule has 21 heavy (non-hydrogen) atoms. The molecule has 1 unspecified atom stereocenters. The van der Waals surface area contributed by atoms with Crippen LogP contribution >= 0.6 is 0 Å². The largest absolute Gasteiger partial charge is 0.481 e. The van der Waals surface area contributed by atoms with Crippen molar-refractivity contribution in [1.29, 1.82) is 0 Å². The minimum Gasteiger partial charge on any atom is -0.481 e. The van der Waals surface area contributed by atoms with Crippen LogP contribution in [-0.2, 0) is 4.79 Å². The number of aliphatic carboxylic acids is 1. The van der Waals surface area contributed by atoms with Crippen molar-refractivity contribution < 1.29 is 14.7 Å². The zero-order valence-corrected chi connectivity index (χ0v) is 13.4. The normalized spacial score (nSPS) is 16.9. The van der Waals surface area contributed by atoms with Crippen LogP contribution in [0.25, 0.3) is 0 Å². The molecule has 3 N–H and O–H groups in total. The van der Waals surface area contributed by atoms with Crippen LogP contribution in [0.5, 0.6) is 0 Å². The van der Waals surface area contributed by atoms with Gasteiger partial charge in [0.15, 0.2) is 0 Å². The van der Waals surface area contributed by atoms with E-state index in [0.29, 0.717) is 30.7 Å². The Morgan fingerprint density at radius 2 is 1.81 bits per heavy atom. The van der Waals surface area contributed by atoms with Gasteiger partial charge in [0.25, 0.3) is 0 Å². The maximum atomic E-state index is 11.7. The van der Waals surface area contributed by atoms with E-state index in [1.54, 1.807) is 0 Å². The van der Waals surface area contributed by atoms with Crippen LogP contribution in [-0.4, -0.2) is 30.2 Å². The molecule has 0 aromatic rings. The summed E-state index contributed by atoms with van der Waals surface area (Å²) in [5, 5.41) is 14.6. The van der Waals surface area contributed by atoms with Gasteiger partial charge in [-0.15, -0.1) is 0 Å². The molecule has 0 radical (unpaired) electrons. The average Bonchev–Trinajstić information content (AvgIpc) is 2.92. The average molecular weight is 298 g/mol. The third-order valence-corrected chi connectivity index (χ3v) is 4.50. The maximum Gasteiger partial charge on any atom is 0.314 e. The molecule has 1 atom stereocenters. The Labute approximate surface area is 127 Å². The highest BCUT2D eigenvalue weighted by atomic mass is 16.4. The lowest BCUT2D eigenvalue weighted by molar-refractivity contribution is -0.137. The highest BCUT2D eigenvalue weighted by Gasteiger charge is 2.17. The van der Waals surface area contributed by atoms with Gasteiger partial charge in [-0.1, -0.05) is 26.7 Å². The van der Waals surface area contributed by atoms with Crippen LogP contribution in [0.4, 0.5) is 4.79 Å². The lowest BCUT2D eigenvalue weighted by atomic mass is 9.88. The third-order valence-electron chi connectivity index (χ3n) is 4.50. The van der Waals surface area contributed by atoms with Crippen molar-refractivity contribution in [1.82, 2.24) is 10.6 Å². The Balaban J connectivity index is 2.13. The number of carbonyl (C=O) groups is 2. The number of rotatable bonds is 9. The molecule has 0 bridgehead atoms. The van der Waals surface area contributed by atoms with E-state index < -0.39 is 5.97 Å². The molecular formula is C16H30N2O3. The third kappa shape index (κ3) is 7.93. The number of carboxylic acids is 1. The van der Waals surface area contributed by atoms with Gasteiger partial charge < -0.3 is 15.7 Å². The molecule has 0 saturated heterocycles. The smallest absolute Gasteiger partial charge is 0.314 e. The molecule has 0 spiro atoms. The topological polar surface area (TPSA) is 78.4 Å². The van der Waals surface area contributed by atoms with Crippen LogP contribution in [0, 0.1) is 17.8 Å². The van der Waals surface area contributed by atoms with E-state index in [2.05, 4.69) is 24.5 Å². The van der Waals surface area contributed by atoms with Gasteiger partial charge in [0, 0.05) is 19.5 Å². The molecule has 1 saturated carbocycles. The Morgan fingerprint density at radius 3 is 2.38 bits per heavy atom. The number of urea groups is 1. The van der Waals surface area contributed by atoms with Crippen LogP contribution in [0.15, 0.2) is 0 Å². The molecule has 0 aliphatic heterocycles. The summed E-state index contributed by atoms with van der Waals surface area (Å²) in [7, 11) is 0. The molecule has 122 valence electrons. The first-order chi connectivity index (χ1) is 9.99. The van der Waals surface area contributed by atoms with E-state index >= 15 is 0 Å². The molecule has 1 aliphatic rings. The first-order valence-corrected chi connectivity index (χ1v) is 8.22. The molecule has 1 rings (SSSR count). The standard InChI is InChI=1S/C16H30N2O3/c1-12(2)14(7-8-15(19)20)9-10-17-16(21)18-11-13-5-3-4-6-13/h12-14H,3-11H2,1-2H3,(H,19,20)(H2,17,18,21). The van der Waals surface area contributed by atoms with E-state index in [1.807, 2.05) is 0 Å². The maximum absolute atomic E-state index is 11.7. The summed E-state index contributed by atoms with van der Waals surface area (Å²) in [5.41, 5.74) is 0. The van der Waals surface area contributed by atoms with Crippen molar-refractivity contribution in [3.05, 3.63) is 0 Å². The van der Waals surface area contributed by atoms with Gasteiger partial charge in [-0.05, 0) is 43.4 Å². The molecule has 0 aromatic carbocycles. The number of hydrogen-bond donors (Lipinski definition) is 3. The summed E-state index contributed by atoms with van der Waals surface area (Å²) in [6.07, 6.45) is 6.74. The van der Waals surface area contributed by atoms with Gasteiger partial charge in [0.2, 0.25) is 0 Å². The fourth-order valence-corrected chi connectivity index (χ4v) is 3.00. The van der Waals surface area contributed by atoms with E-state index in [1.165, 1.54) is 25.7 Å². The predicted octanol–water partition coefficient (Wildman–Crippen LogP) is 3.00. The van der Waals surface area contributed by atoms with Crippen LogP contribution < -0.4 is 10.6 Å². The second kappa shape index (κ2) is 9.64. The Bertz CT molecular complexity index is 325. The molecule has 0 heterocycles. The fraction of sp³-hybridized carbons (Fsp3) is 0.875. The molecule has 1 fully saturated rings. The SMILES string of the molecule is CC(C)C(CCNC(=O)NCC1CCCC1)CCC(=O)O. The van der Waals surface area contributed by atoms with Crippen molar-refractivity contribution in [3.63, 3.8) is 0 Å². The summed E-state index contributed by atoms with van der Waals surface area (Å²) in [5.74, 6) is 0.682. The summed E-state index contributed by atoms with van der Waals surface area (Å²) in [6, 6.07) is -0.0948. The van der Waals surface area contributed by atoms with Crippen LogP contribution in [0.1, 0.15) is 58.8 Å².